The van der Waals surface area contributed by atoms with Gasteiger partial charge in [-0.2, -0.15) is 4.31 Å². The molecule has 1 aromatic rings. The molecule has 0 saturated carbocycles. The SMILES string of the molecule is CC1CN(S(=O)(=O)c2ccc(CN)s2)CC(C)O1. The lowest BCUT2D eigenvalue weighted by Crippen LogP contribution is -2.47. The molecule has 1 fully saturated rings. The third-order valence-electron chi connectivity index (χ3n) is 2.82. The molecule has 2 atom stereocenters. The summed E-state index contributed by atoms with van der Waals surface area (Å²) in [7, 11) is -3.40. The van der Waals surface area contributed by atoms with Crippen LogP contribution in [0.25, 0.3) is 0 Å². The zero-order valence-corrected chi connectivity index (χ0v) is 12.1. The molecule has 2 unspecified atom stereocenters. The van der Waals surface area contributed by atoms with Gasteiger partial charge in [0.05, 0.1) is 12.2 Å². The Labute approximate surface area is 112 Å². The van der Waals surface area contributed by atoms with Gasteiger partial charge in [0.1, 0.15) is 4.21 Å². The summed E-state index contributed by atoms with van der Waals surface area (Å²) in [5.41, 5.74) is 5.51. The summed E-state index contributed by atoms with van der Waals surface area (Å²) in [6.07, 6.45) is -0.144. The fourth-order valence-corrected chi connectivity index (χ4v) is 5.04. The average Bonchev–Trinajstić information content (AvgIpc) is 2.76. The Bertz CT molecular complexity index is 502. The van der Waals surface area contributed by atoms with Crippen LogP contribution in [0.4, 0.5) is 0 Å². The topological polar surface area (TPSA) is 72.6 Å². The Morgan fingerprint density at radius 1 is 1.39 bits per heavy atom. The number of sulfonamides is 1. The zero-order valence-electron chi connectivity index (χ0n) is 10.5. The Balaban J connectivity index is 2.25. The first kappa shape index (κ1) is 14.0. The third-order valence-corrected chi connectivity index (χ3v) is 6.23. The van der Waals surface area contributed by atoms with Crippen LogP contribution in [0.15, 0.2) is 16.3 Å². The molecule has 5 nitrogen and oxygen atoms in total. The third kappa shape index (κ3) is 2.75. The van der Waals surface area contributed by atoms with E-state index in [0.717, 1.165) is 4.88 Å². The molecule has 102 valence electrons. The van der Waals surface area contributed by atoms with Crippen molar-refractivity contribution in [3.8, 4) is 0 Å². The van der Waals surface area contributed by atoms with Crippen molar-refractivity contribution in [2.24, 2.45) is 5.73 Å². The van der Waals surface area contributed by atoms with Crippen molar-refractivity contribution in [1.82, 2.24) is 4.31 Å². The van der Waals surface area contributed by atoms with E-state index in [1.165, 1.54) is 15.6 Å². The first-order valence-corrected chi connectivity index (χ1v) is 8.13. The number of hydrogen-bond acceptors (Lipinski definition) is 5. The monoisotopic (exact) mass is 290 g/mol. The summed E-state index contributed by atoms with van der Waals surface area (Å²) in [5, 5.41) is 0. The van der Waals surface area contributed by atoms with E-state index in [1.807, 2.05) is 13.8 Å². The van der Waals surface area contributed by atoms with Crippen LogP contribution in [0.3, 0.4) is 0 Å². The molecule has 1 aromatic heterocycles. The summed E-state index contributed by atoms with van der Waals surface area (Å²) in [4.78, 5) is 0.878. The normalized spacial score (nSPS) is 26.4. The average molecular weight is 290 g/mol. The van der Waals surface area contributed by atoms with Crippen LogP contribution in [0.5, 0.6) is 0 Å². The lowest BCUT2D eigenvalue weighted by Gasteiger charge is -2.34. The molecule has 0 bridgehead atoms. The molecule has 1 aliphatic rings. The minimum Gasteiger partial charge on any atom is -0.373 e. The molecule has 7 heteroatoms. The van der Waals surface area contributed by atoms with E-state index in [2.05, 4.69) is 0 Å². The number of hydrogen-bond donors (Lipinski definition) is 1. The lowest BCUT2D eigenvalue weighted by molar-refractivity contribution is -0.0440. The first-order valence-electron chi connectivity index (χ1n) is 5.88. The highest BCUT2D eigenvalue weighted by molar-refractivity contribution is 7.91. The highest BCUT2D eigenvalue weighted by Gasteiger charge is 2.32. The lowest BCUT2D eigenvalue weighted by atomic mass is 10.3. The molecule has 0 radical (unpaired) electrons. The van der Waals surface area contributed by atoms with Crippen molar-refractivity contribution in [3.63, 3.8) is 0 Å². The van der Waals surface area contributed by atoms with E-state index in [4.69, 9.17) is 10.5 Å². The summed E-state index contributed by atoms with van der Waals surface area (Å²) in [5.74, 6) is 0. The Hall–Kier alpha value is -0.470. The molecule has 2 N–H and O–H groups in total. The predicted octanol–water partition coefficient (Wildman–Crippen LogP) is 1.00. The molecule has 0 aromatic carbocycles. The van der Waals surface area contributed by atoms with Crippen LogP contribution in [-0.2, 0) is 21.3 Å². The quantitative estimate of drug-likeness (QED) is 0.901. The van der Waals surface area contributed by atoms with Gasteiger partial charge < -0.3 is 10.5 Å². The van der Waals surface area contributed by atoms with Crippen molar-refractivity contribution < 1.29 is 13.2 Å². The van der Waals surface area contributed by atoms with Crippen molar-refractivity contribution in [3.05, 3.63) is 17.0 Å². The fraction of sp³-hybridized carbons (Fsp3) is 0.636. The summed E-state index contributed by atoms with van der Waals surface area (Å²) < 4.78 is 32.3. The van der Waals surface area contributed by atoms with Crippen LogP contribution in [0.1, 0.15) is 18.7 Å². The molecule has 0 amide bonds. The molecule has 0 aliphatic carbocycles. The smallest absolute Gasteiger partial charge is 0.252 e. The zero-order chi connectivity index (χ0) is 13.3. The number of thiophene rings is 1. The summed E-state index contributed by atoms with van der Waals surface area (Å²) in [6, 6.07) is 3.40. The summed E-state index contributed by atoms with van der Waals surface area (Å²) in [6.45, 7) is 4.96. The van der Waals surface area contributed by atoms with E-state index in [1.54, 1.807) is 12.1 Å². The number of morpholine rings is 1. The van der Waals surface area contributed by atoms with Gasteiger partial charge in [0, 0.05) is 24.5 Å². The highest BCUT2D eigenvalue weighted by Crippen LogP contribution is 2.26. The molecular formula is C11H18N2O3S2. The first-order chi connectivity index (χ1) is 8.43. The van der Waals surface area contributed by atoms with Crippen LogP contribution in [0, 0.1) is 0 Å². The van der Waals surface area contributed by atoms with Gasteiger partial charge in [-0.3, -0.25) is 0 Å². The van der Waals surface area contributed by atoms with Crippen molar-refractivity contribution in [1.29, 1.82) is 0 Å². The maximum atomic E-state index is 12.4. The second-order valence-corrected chi connectivity index (χ2v) is 7.84. The van der Waals surface area contributed by atoms with Crippen LogP contribution in [-0.4, -0.2) is 38.0 Å². The molecule has 2 heterocycles. The number of rotatable bonds is 3. The standard InChI is InChI=1S/C11H18N2O3S2/c1-8-6-13(7-9(2)16-8)18(14,15)11-4-3-10(5-12)17-11/h3-4,8-9H,5-7,12H2,1-2H3. The second kappa shape index (κ2) is 5.26. The number of nitrogens with two attached hydrogens (primary N) is 1. The van der Waals surface area contributed by atoms with Crippen molar-refractivity contribution in [2.45, 2.75) is 36.8 Å². The molecular weight excluding hydrogens is 272 g/mol. The van der Waals surface area contributed by atoms with Crippen LogP contribution < -0.4 is 5.73 Å². The van der Waals surface area contributed by atoms with Gasteiger partial charge in [0.2, 0.25) is 0 Å². The minimum atomic E-state index is -3.40. The molecule has 1 aliphatic heterocycles. The van der Waals surface area contributed by atoms with Gasteiger partial charge in [-0.25, -0.2) is 8.42 Å². The Kier molecular flexibility index (Phi) is 4.08. The van der Waals surface area contributed by atoms with Gasteiger partial charge in [-0.05, 0) is 26.0 Å². The van der Waals surface area contributed by atoms with Gasteiger partial charge in [0.25, 0.3) is 10.0 Å². The van der Waals surface area contributed by atoms with E-state index < -0.39 is 10.0 Å². The van der Waals surface area contributed by atoms with Gasteiger partial charge in [-0.15, -0.1) is 11.3 Å². The number of ether oxygens (including phenoxy) is 1. The van der Waals surface area contributed by atoms with Gasteiger partial charge in [-0.1, -0.05) is 0 Å². The Morgan fingerprint density at radius 2 is 2.00 bits per heavy atom. The molecule has 1 saturated heterocycles. The van der Waals surface area contributed by atoms with Gasteiger partial charge >= 0.3 is 0 Å². The van der Waals surface area contributed by atoms with E-state index in [9.17, 15) is 8.42 Å². The largest absolute Gasteiger partial charge is 0.373 e. The van der Waals surface area contributed by atoms with Gasteiger partial charge in [0.15, 0.2) is 0 Å². The van der Waals surface area contributed by atoms with E-state index in [-0.39, 0.29) is 12.2 Å². The van der Waals surface area contributed by atoms with Crippen molar-refractivity contribution >= 4 is 21.4 Å². The summed E-state index contributed by atoms with van der Waals surface area (Å²) >= 11 is 1.24. The fourth-order valence-electron chi connectivity index (χ4n) is 2.06. The maximum absolute atomic E-state index is 12.4. The molecule has 2 rings (SSSR count). The second-order valence-electron chi connectivity index (χ2n) is 4.50. The van der Waals surface area contributed by atoms with E-state index in [0.29, 0.717) is 23.8 Å². The molecule has 0 spiro atoms. The Morgan fingerprint density at radius 3 is 2.50 bits per heavy atom. The molecule has 18 heavy (non-hydrogen) atoms. The van der Waals surface area contributed by atoms with Crippen LogP contribution in [0.2, 0.25) is 0 Å². The maximum Gasteiger partial charge on any atom is 0.252 e. The number of nitrogens with zero attached hydrogens (tertiary/aromatic N) is 1. The minimum absolute atomic E-state index is 0.0718. The highest BCUT2D eigenvalue weighted by atomic mass is 32.2. The van der Waals surface area contributed by atoms with Crippen LogP contribution >= 0.6 is 11.3 Å². The van der Waals surface area contributed by atoms with Crippen molar-refractivity contribution in [2.75, 3.05) is 13.1 Å². The predicted molar refractivity (Wildman–Crippen MR) is 71.0 cm³/mol. The van der Waals surface area contributed by atoms with E-state index >= 15 is 0 Å².